The predicted octanol–water partition coefficient (Wildman–Crippen LogP) is 3.19. The van der Waals surface area contributed by atoms with Crippen LogP contribution in [0.2, 0.25) is 5.02 Å². The first-order valence-corrected chi connectivity index (χ1v) is 10.6. The molecule has 1 aliphatic rings. The van der Waals surface area contributed by atoms with Crippen LogP contribution in [-0.4, -0.2) is 59.8 Å². The van der Waals surface area contributed by atoms with E-state index in [1.54, 1.807) is 12.1 Å². The number of carbonyl (C=O) groups excluding carboxylic acids is 1. The Hall–Kier alpha value is -1.96. The third-order valence-corrected chi connectivity index (χ3v) is 5.23. The molecule has 1 N–H and O–H groups in total. The summed E-state index contributed by atoms with van der Waals surface area (Å²) >= 11 is 5.90. The molecule has 7 nitrogen and oxygen atoms in total. The molecule has 3 rings (SSSR count). The molecule has 2 aromatic rings. The highest BCUT2D eigenvalue weighted by atomic mass is 35.5. The lowest BCUT2D eigenvalue weighted by Gasteiger charge is -2.35. The molecule has 1 aliphatic heterocycles. The number of morpholine rings is 1. The minimum Gasteiger partial charge on any atom is -0.379 e. The smallest absolute Gasteiger partial charge is 0.227 e. The Bertz CT molecular complexity index is 772. The number of ether oxygens (including phenoxy) is 1. The van der Waals surface area contributed by atoms with Crippen molar-refractivity contribution in [3.05, 3.63) is 35.2 Å². The Morgan fingerprint density at radius 1 is 1.24 bits per heavy atom. The minimum absolute atomic E-state index is 0.00161. The van der Waals surface area contributed by atoms with Crippen LogP contribution in [0.5, 0.6) is 0 Å². The van der Waals surface area contributed by atoms with E-state index in [-0.39, 0.29) is 5.91 Å². The van der Waals surface area contributed by atoms with Crippen LogP contribution >= 0.6 is 11.6 Å². The van der Waals surface area contributed by atoms with Gasteiger partial charge in [0.1, 0.15) is 0 Å². The number of rotatable bonds is 9. The average molecular weight is 421 g/mol. The number of nitrogens with zero attached hydrogens (tertiary/aromatic N) is 3. The first kappa shape index (κ1) is 21.7. The lowest BCUT2D eigenvalue weighted by Crippen LogP contribution is -2.49. The molecule has 0 saturated carbocycles. The summed E-state index contributed by atoms with van der Waals surface area (Å²) in [7, 11) is 0. The number of amides is 1. The van der Waals surface area contributed by atoms with E-state index >= 15 is 0 Å². The summed E-state index contributed by atoms with van der Waals surface area (Å²) in [5.41, 5.74) is 0.830. The van der Waals surface area contributed by atoms with E-state index in [0.717, 1.165) is 38.3 Å². The molecule has 2 heterocycles. The molecule has 1 fully saturated rings. The van der Waals surface area contributed by atoms with E-state index in [2.05, 4.69) is 34.2 Å². The molecule has 1 atom stereocenters. The van der Waals surface area contributed by atoms with E-state index in [9.17, 15) is 4.79 Å². The Kier molecular flexibility index (Phi) is 8.03. The first-order valence-electron chi connectivity index (χ1n) is 10.2. The van der Waals surface area contributed by atoms with Crippen LogP contribution in [0.25, 0.3) is 11.4 Å². The van der Waals surface area contributed by atoms with Gasteiger partial charge in [-0.25, -0.2) is 0 Å². The maximum Gasteiger partial charge on any atom is 0.227 e. The van der Waals surface area contributed by atoms with Crippen molar-refractivity contribution in [1.29, 1.82) is 0 Å². The molecule has 0 spiro atoms. The summed E-state index contributed by atoms with van der Waals surface area (Å²) < 4.78 is 10.7. The van der Waals surface area contributed by atoms with Gasteiger partial charge in [-0.2, -0.15) is 4.98 Å². The Labute approximate surface area is 176 Å². The van der Waals surface area contributed by atoms with Gasteiger partial charge >= 0.3 is 0 Å². The SMILES string of the molecule is CC(C)CC(CNC(=O)CCc1nc(-c2ccc(Cl)cc2)no1)N1CCOCC1. The molecule has 158 valence electrons. The molecule has 1 amide bonds. The van der Waals surface area contributed by atoms with Gasteiger partial charge in [0.25, 0.3) is 0 Å². The van der Waals surface area contributed by atoms with Crippen molar-refractivity contribution in [1.82, 2.24) is 20.4 Å². The molecular formula is C21H29ClN4O3. The van der Waals surface area contributed by atoms with Crippen LogP contribution in [0.15, 0.2) is 28.8 Å². The molecule has 8 heteroatoms. The van der Waals surface area contributed by atoms with Gasteiger partial charge in [-0.05, 0) is 36.6 Å². The molecule has 0 aliphatic carbocycles. The quantitative estimate of drug-likeness (QED) is 0.671. The summed E-state index contributed by atoms with van der Waals surface area (Å²) in [6.07, 6.45) is 1.78. The van der Waals surface area contributed by atoms with Gasteiger partial charge in [0.05, 0.1) is 13.2 Å². The fraction of sp³-hybridized carbons (Fsp3) is 0.571. The van der Waals surface area contributed by atoms with Gasteiger partial charge in [-0.3, -0.25) is 9.69 Å². The van der Waals surface area contributed by atoms with Crippen molar-refractivity contribution in [3.8, 4) is 11.4 Å². The second-order valence-corrected chi connectivity index (χ2v) is 8.19. The van der Waals surface area contributed by atoms with Crippen LogP contribution in [0.1, 0.15) is 32.6 Å². The third-order valence-electron chi connectivity index (χ3n) is 4.98. The molecule has 0 radical (unpaired) electrons. The van der Waals surface area contributed by atoms with Gasteiger partial charge < -0.3 is 14.6 Å². The average Bonchev–Trinajstić information content (AvgIpc) is 3.19. The summed E-state index contributed by atoms with van der Waals surface area (Å²) in [6.45, 7) is 8.43. The highest BCUT2D eigenvalue weighted by Crippen LogP contribution is 2.19. The largest absolute Gasteiger partial charge is 0.379 e. The van der Waals surface area contributed by atoms with Crippen LogP contribution in [-0.2, 0) is 16.0 Å². The van der Waals surface area contributed by atoms with Crippen molar-refractivity contribution < 1.29 is 14.1 Å². The number of aryl methyl sites for hydroxylation is 1. The standard InChI is InChI=1S/C21H29ClN4O3/c1-15(2)13-18(26-9-11-28-12-10-26)14-23-19(27)7-8-20-24-21(25-29-20)16-3-5-17(22)6-4-16/h3-6,15,18H,7-14H2,1-2H3,(H,23,27). The molecule has 1 aromatic carbocycles. The van der Waals surface area contributed by atoms with E-state index in [1.807, 2.05) is 12.1 Å². The van der Waals surface area contributed by atoms with Crippen LogP contribution in [0.3, 0.4) is 0 Å². The monoisotopic (exact) mass is 420 g/mol. The van der Waals surface area contributed by atoms with Crippen LogP contribution in [0.4, 0.5) is 0 Å². The fourth-order valence-electron chi connectivity index (χ4n) is 3.46. The van der Waals surface area contributed by atoms with Gasteiger partial charge in [0.2, 0.25) is 17.6 Å². The van der Waals surface area contributed by atoms with Gasteiger partial charge in [-0.15, -0.1) is 0 Å². The summed E-state index contributed by atoms with van der Waals surface area (Å²) in [4.78, 5) is 19.1. The molecular weight excluding hydrogens is 392 g/mol. The highest BCUT2D eigenvalue weighted by Gasteiger charge is 2.22. The summed E-state index contributed by atoms with van der Waals surface area (Å²) in [5, 5.41) is 7.71. The fourth-order valence-corrected chi connectivity index (χ4v) is 3.59. The number of carbonyl (C=O) groups is 1. The first-order chi connectivity index (χ1) is 14.0. The van der Waals surface area contributed by atoms with Crippen molar-refractivity contribution in [2.24, 2.45) is 5.92 Å². The normalized spacial score (nSPS) is 16.1. The van der Waals surface area contributed by atoms with Crippen molar-refractivity contribution in [2.45, 2.75) is 39.2 Å². The molecule has 0 bridgehead atoms. The number of aromatic nitrogens is 2. The Morgan fingerprint density at radius 3 is 2.66 bits per heavy atom. The summed E-state index contributed by atoms with van der Waals surface area (Å²) in [5.74, 6) is 1.53. The van der Waals surface area contributed by atoms with Crippen LogP contribution in [0, 0.1) is 5.92 Å². The second kappa shape index (κ2) is 10.7. The van der Waals surface area contributed by atoms with Crippen molar-refractivity contribution in [2.75, 3.05) is 32.8 Å². The lowest BCUT2D eigenvalue weighted by molar-refractivity contribution is -0.121. The zero-order valence-electron chi connectivity index (χ0n) is 17.1. The molecule has 29 heavy (non-hydrogen) atoms. The lowest BCUT2D eigenvalue weighted by atomic mass is 10.0. The van der Waals surface area contributed by atoms with E-state index in [1.165, 1.54) is 0 Å². The molecule has 1 saturated heterocycles. The number of nitrogens with one attached hydrogen (secondary N) is 1. The number of halogens is 1. The van der Waals surface area contributed by atoms with Crippen molar-refractivity contribution in [3.63, 3.8) is 0 Å². The zero-order chi connectivity index (χ0) is 20.6. The summed E-state index contributed by atoms with van der Waals surface area (Å²) in [6, 6.07) is 7.57. The predicted molar refractivity (Wildman–Crippen MR) is 112 cm³/mol. The van der Waals surface area contributed by atoms with Crippen LogP contribution < -0.4 is 5.32 Å². The van der Waals surface area contributed by atoms with Gasteiger partial charge in [-0.1, -0.05) is 30.6 Å². The molecule has 1 unspecified atom stereocenters. The second-order valence-electron chi connectivity index (χ2n) is 7.75. The number of hydrogen-bond acceptors (Lipinski definition) is 6. The van der Waals surface area contributed by atoms with E-state index in [4.69, 9.17) is 20.9 Å². The highest BCUT2D eigenvalue weighted by molar-refractivity contribution is 6.30. The number of hydrogen-bond donors (Lipinski definition) is 1. The topological polar surface area (TPSA) is 80.5 Å². The van der Waals surface area contributed by atoms with Gasteiger partial charge in [0.15, 0.2) is 0 Å². The van der Waals surface area contributed by atoms with Gasteiger partial charge in [0, 0.05) is 49.1 Å². The zero-order valence-corrected chi connectivity index (χ0v) is 17.8. The maximum atomic E-state index is 12.3. The Morgan fingerprint density at radius 2 is 1.97 bits per heavy atom. The Balaban J connectivity index is 1.47. The van der Waals surface area contributed by atoms with E-state index in [0.29, 0.717) is 48.1 Å². The number of benzene rings is 1. The minimum atomic E-state index is -0.00161. The van der Waals surface area contributed by atoms with Crippen molar-refractivity contribution >= 4 is 17.5 Å². The molecule has 1 aromatic heterocycles. The van der Waals surface area contributed by atoms with E-state index < -0.39 is 0 Å². The third kappa shape index (κ3) is 6.80. The maximum absolute atomic E-state index is 12.3.